The van der Waals surface area contributed by atoms with Crippen molar-refractivity contribution in [2.24, 2.45) is 4.99 Å². The van der Waals surface area contributed by atoms with Gasteiger partial charge in [-0.05, 0) is 44.7 Å². The summed E-state index contributed by atoms with van der Waals surface area (Å²) in [5, 5.41) is 0. The third kappa shape index (κ3) is 5.21. The highest BCUT2D eigenvalue weighted by molar-refractivity contribution is 8.00. The molecule has 0 saturated carbocycles. The average molecular weight is 297 g/mol. The van der Waals surface area contributed by atoms with E-state index in [0.717, 1.165) is 15.5 Å². The van der Waals surface area contributed by atoms with E-state index in [9.17, 15) is 4.55 Å². The van der Waals surface area contributed by atoms with Gasteiger partial charge in [-0.15, -0.1) is 11.8 Å². The summed E-state index contributed by atoms with van der Waals surface area (Å²) in [4.78, 5) is 5.90. The fraction of sp³-hybridized carbons (Fsp3) is 0.533. The molecule has 0 aliphatic carbocycles. The van der Waals surface area contributed by atoms with Crippen LogP contribution in [-0.4, -0.2) is 20.8 Å². The van der Waals surface area contributed by atoms with Crippen LogP contribution in [0.5, 0.6) is 0 Å². The van der Waals surface area contributed by atoms with Crippen molar-refractivity contribution in [3.63, 3.8) is 0 Å². The molecule has 0 fully saturated rings. The summed E-state index contributed by atoms with van der Waals surface area (Å²) in [5.74, 6) is 0. The first-order chi connectivity index (χ1) is 8.53. The van der Waals surface area contributed by atoms with Crippen molar-refractivity contribution < 1.29 is 4.55 Å². The molecule has 0 aromatic heterocycles. The Morgan fingerprint density at radius 3 is 2.11 bits per heavy atom. The molecule has 0 aliphatic rings. The summed E-state index contributed by atoms with van der Waals surface area (Å²) in [6.07, 6.45) is 0. The maximum Gasteiger partial charge on any atom is 0.156 e. The molecule has 19 heavy (non-hydrogen) atoms. The van der Waals surface area contributed by atoms with E-state index in [1.165, 1.54) is 0 Å². The zero-order chi connectivity index (χ0) is 14.8. The molecule has 1 atom stereocenters. The summed E-state index contributed by atoms with van der Waals surface area (Å²) < 4.78 is 12.3. The molecule has 1 unspecified atom stereocenters. The minimum Gasteiger partial charge on any atom is -0.611 e. The number of benzene rings is 1. The van der Waals surface area contributed by atoms with Gasteiger partial charge >= 0.3 is 0 Å². The van der Waals surface area contributed by atoms with Crippen LogP contribution in [0.4, 0.5) is 5.69 Å². The lowest BCUT2D eigenvalue weighted by Gasteiger charge is -2.25. The van der Waals surface area contributed by atoms with Crippen LogP contribution in [-0.2, 0) is 11.2 Å². The van der Waals surface area contributed by atoms with Gasteiger partial charge in [-0.3, -0.25) is 4.99 Å². The smallest absolute Gasteiger partial charge is 0.156 e. The van der Waals surface area contributed by atoms with Crippen LogP contribution in [0.2, 0.25) is 0 Å². The van der Waals surface area contributed by atoms with Crippen molar-refractivity contribution in [2.45, 2.75) is 60.8 Å². The number of rotatable bonds is 3. The van der Waals surface area contributed by atoms with Gasteiger partial charge in [0.25, 0.3) is 0 Å². The van der Waals surface area contributed by atoms with Crippen LogP contribution >= 0.6 is 11.8 Å². The van der Waals surface area contributed by atoms with E-state index < -0.39 is 11.2 Å². The predicted molar refractivity (Wildman–Crippen MR) is 87.4 cm³/mol. The van der Waals surface area contributed by atoms with Gasteiger partial charge in [0, 0.05) is 21.8 Å². The van der Waals surface area contributed by atoms with Gasteiger partial charge in [0.1, 0.15) is 4.75 Å². The highest BCUT2D eigenvalue weighted by atomic mass is 32.2. The Hall–Kier alpha value is -0.450. The lowest BCUT2D eigenvalue weighted by molar-refractivity contribution is 0.559. The summed E-state index contributed by atoms with van der Waals surface area (Å²) in [7, 11) is 0. The maximum absolute atomic E-state index is 12.5. The molecule has 0 aliphatic heterocycles. The van der Waals surface area contributed by atoms with Crippen molar-refractivity contribution in [3.8, 4) is 0 Å². The summed E-state index contributed by atoms with van der Waals surface area (Å²) in [5.41, 5.74) is 0.779. The Balaban J connectivity index is 3.19. The quantitative estimate of drug-likeness (QED) is 0.456. The predicted octanol–water partition coefficient (Wildman–Crippen LogP) is 4.82. The van der Waals surface area contributed by atoms with Gasteiger partial charge in [-0.1, -0.05) is 20.8 Å². The molecule has 0 bridgehead atoms. The summed E-state index contributed by atoms with van der Waals surface area (Å²) in [6.45, 7) is 16.0. The second-order valence-electron chi connectivity index (χ2n) is 6.42. The van der Waals surface area contributed by atoms with Crippen LogP contribution < -0.4 is 0 Å². The van der Waals surface area contributed by atoms with E-state index >= 15 is 0 Å². The maximum atomic E-state index is 12.5. The van der Waals surface area contributed by atoms with Crippen molar-refractivity contribution in [2.75, 3.05) is 0 Å². The van der Waals surface area contributed by atoms with E-state index in [4.69, 9.17) is 0 Å². The van der Waals surface area contributed by atoms with Crippen LogP contribution in [0, 0.1) is 0 Å². The van der Waals surface area contributed by atoms with Crippen molar-refractivity contribution in [1.82, 2.24) is 0 Å². The minimum absolute atomic E-state index is 0.111. The number of aliphatic imine (C=N–C) groups is 1. The number of hydrogen-bond donors (Lipinski definition) is 0. The van der Waals surface area contributed by atoms with Crippen LogP contribution in [0.15, 0.2) is 33.0 Å². The molecule has 0 N–H and O–H groups in total. The highest BCUT2D eigenvalue weighted by Gasteiger charge is 2.29. The number of nitrogens with zero attached hydrogens (tertiary/aromatic N) is 1. The number of thioether (sulfide) groups is 1. The molecule has 0 saturated heterocycles. The van der Waals surface area contributed by atoms with Gasteiger partial charge in [0.2, 0.25) is 0 Å². The molecule has 1 rings (SSSR count). The molecule has 4 heteroatoms. The van der Waals surface area contributed by atoms with Gasteiger partial charge in [0.05, 0.1) is 5.69 Å². The van der Waals surface area contributed by atoms with Gasteiger partial charge in [0.15, 0.2) is 4.90 Å². The zero-order valence-electron chi connectivity index (χ0n) is 12.6. The van der Waals surface area contributed by atoms with Crippen molar-refractivity contribution >= 4 is 35.3 Å². The second-order valence-corrected chi connectivity index (χ2v) is 10.6. The minimum atomic E-state index is -1.05. The van der Waals surface area contributed by atoms with Crippen molar-refractivity contribution in [1.29, 1.82) is 0 Å². The fourth-order valence-electron chi connectivity index (χ4n) is 1.52. The van der Waals surface area contributed by atoms with Crippen LogP contribution in [0.25, 0.3) is 0 Å². The normalized spacial score (nSPS) is 14.3. The fourth-order valence-corrected chi connectivity index (χ4v) is 3.84. The largest absolute Gasteiger partial charge is 0.611 e. The molecule has 0 radical (unpaired) electrons. The Labute approximate surface area is 124 Å². The Morgan fingerprint density at radius 2 is 1.68 bits per heavy atom. The van der Waals surface area contributed by atoms with Crippen LogP contribution in [0.1, 0.15) is 41.5 Å². The third-order valence-electron chi connectivity index (χ3n) is 2.24. The molecule has 2 nitrogen and oxygen atoms in total. The molecule has 1 aromatic rings. The monoisotopic (exact) mass is 297 g/mol. The van der Waals surface area contributed by atoms with E-state index in [1.54, 1.807) is 11.8 Å². The van der Waals surface area contributed by atoms with E-state index in [1.807, 2.05) is 39.0 Å². The first-order valence-corrected chi connectivity index (χ1v) is 8.22. The molecule has 0 amide bonds. The average Bonchev–Trinajstić information content (AvgIpc) is 2.23. The molecule has 0 heterocycles. The standard InChI is InChI=1S/C15H23NOS2/c1-14(2,3)18-12-8-11(16-7)9-13(10-12)19(17)15(4,5)6/h8-10H,7H2,1-6H3. The number of hydrogen-bond acceptors (Lipinski definition) is 3. The lowest BCUT2D eigenvalue weighted by Crippen LogP contribution is -2.27. The second kappa shape index (κ2) is 5.90. The molecular weight excluding hydrogens is 274 g/mol. The van der Waals surface area contributed by atoms with E-state index in [-0.39, 0.29) is 9.49 Å². The molecule has 0 spiro atoms. The molecule has 1 aromatic carbocycles. The first kappa shape index (κ1) is 16.6. The van der Waals surface area contributed by atoms with Crippen molar-refractivity contribution in [3.05, 3.63) is 18.2 Å². The Morgan fingerprint density at radius 1 is 1.11 bits per heavy atom. The highest BCUT2D eigenvalue weighted by Crippen LogP contribution is 2.37. The van der Waals surface area contributed by atoms with Crippen LogP contribution in [0.3, 0.4) is 0 Å². The van der Waals surface area contributed by atoms with Gasteiger partial charge in [-0.2, -0.15) is 0 Å². The molecule has 106 valence electrons. The molecular formula is C15H23NOS2. The van der Waals surface area contributed by atoms with E-state index in [2.05, 4.69) is 32.5 Å². The van der Waals surface area contributed by atoms with Gasteiger partial charge in [-0.25, -0.2) is 0 Å². The SMILES string of the molecule is C=Nc1cc(SC(C)(C)C)cc([S+]([O-])C(C)(C)C)c1. The first-order valence-electron chi connectivity index (χ1n) is 6.26. The Bertz CT molecular complexity index is 458. The Kier molecular flexibility index (Phi) is 5.15. The van der Waals surface area contributed by atoms with Gasteiger partial charge < -0.3 is 4.55 Å². The zero-order valence-corrected chi connectivity index (χ0v) is 14.2. The summed E-state index contributed by atoms with van der Waals surface area (Å²) >= 11 is 0.698. The third-order valence-corrected chi connectivity index (χ3v) is 5.10. The topological polar surface area (TPSA) is 35.4 Å². The summed E-state index contributed by atoms with van der Waals surface area (Å²) in [6, 6.07) is 5.86. The lowest BCUT2D eigenvalue weighted by atomic mass is 10.3. The van der Waals surface area contributed by atoms with E-state index in [0.29, 0.717) is 0 Å².